The maximum atomic E-state index is 2.29. The lowest BCUT2D eigenvalue weighted by Crippen LogP contribution is -2.16. The van der Waals surface area contributed by atoms with Gasteiger partial charge in [-0.3, -0.25) is 0 Å². The monoisotopic (exact) mass is 211 g/mol. The van der Waals surface area contributed by atoms with Crippen molar-refractivity contribution in [3.8, 4) is 0 Å². The van der Waals surface area contributed by atoms with Crippen molar-refractivity contribution in [2.24, 2.45) is 5.41 Å². The Labute approximate surface area is 98.7 Å². The average molecular weight is 211 g/mol. The van der Waals surface area contributed by atoms with Gasteiger partial charge in [-0.05, 0) is 11.0 Å². The molecule has 1 radical (unpaired) electrons. The summed E-state index contributed by atoms with van der Waals surface area (Å²) in [5, 5.41) is 0. The summed E-state index contributed by atoms with van der Waals surface area (Å²) in [6.45, 7) is 6.75. The van der Waals surface area contributed by atoms with E-state index in [0.717, 1.165) is 0 Å². The van der Waals surface area contributed by atoms with Crippen LogP contribution in [0.2, 0.25) is 0 Å². The van der Waals surface area contributed by atoms with Crippen LogP contribution in [0.25, 0.3) is 0 Å². The molecule has 16 heavy (non-hydrogen) atoms. The van der Waals surface area contributed by atoms with Crippen molar-refractivity contribution in [1.29, 1.82) is 0 Å². The summed E-state index contributed by atoms with van der Waals surface area (Å²) in [5.74, 6) is 1.84. The van der Waals surface area contributed by atoms with Crippen LogP contribution in [0.15, 0.2) is 54.6 Å². The first-order chi connectivity index (χ1) is 7.57. The highest BCUT2D eigenvalue weighted by atomic mass is 14.3. The molecule has 0 saturated carbocycles. The van der Waals surface area contributed by atoms with Crippen molar-refractivity contribution >= 4 is 0 Å². The first-order valence-electron chi connectivity index (χ1n) is 5.86. The van der Waals surface area contributed by atoms with Crippen LogP contribution >= 0.6 is 0 Å². The average Bonchev–Trinajstić information content (AvgIpc) is 2.29. The third-order valence-corrected chi connectivity index (χ3v) is 3.02. The molecule has 2 rings (SSSR count). The van der Waals surface area contributed by atoms with Crippen molar-refractivity contribution in [2.45, 2.75) is 26.7 Å². The molecule has 0 heteroatoms. The van der Waals surface area contributed by atoms with E-state index in [0.29, 0.717) is 5.92 Å². The summed E-state index contributed by atoms with van der Waals surface area (Å²) in [6.07, 6.45) is 9.10. The van der Waals surface area contributed by atoms with E-state index >= 15 is 0 Å². The summed E-state index contributed by atoms with van der Waals surface area (Å²) >= 11 is 0. The Hall–Kier alpha value is -1.30. The smallest absolute Gasteiger partial charge is 0.0241 e. The highest BCUT2D eigenvalue weighted by molar-refractivity contribution is 5.40. The van der Waals surface area contributed by atoms with Crippen molar-refractivity contribution in [2.75, 3.05) is 0 Å². The Bertz CT molecular complexity index is 376. The van der Waals surface area contributed by atoms with Gasteiger partial charge in [0, 0.05) is 11.8 Å². The van der Waals surface area contributed by atoms with Crippen molar-refractivity contribution in [1.82, 2.24) is 0 Å². The summed E-state index contributed by atoms with van der Waals surface area (Å²) < 4.78 is 0. The summed E-state index contributed by atoms with van der Waals surface area (Å²) in [7, 11) is 0. The van der Waals surface area contributed by atoms with E-state index in [4.69, 9.17) is 0 Å². The molecule has 0 saturated heterocycles. The molecule has 0 N–H and O–H groups in total. The number of allylic oxidation sites excluding steroid dienone is 4. The topological polar surface area (TPSA) is 0 Å². The number of hydrogen-bond acceptors (Lipinski definition) is 0. The van der Waals surface area contributed by atoms with Crippen LogP contribution in [0.4, 0.5) is 0 Å². The molecule has 0 heterocycles. The lowest BCUT2D eigenvalue weighted by Gasteiger charge is -2.27. The van der Waals surface area contributed by atoms with Crippen LogP contribution in [-0.2, 0) is 0 Å². The Morgan fingerprint density at radius 2 is 1.44 bits per heavy atom. The number of benzene rings is 1. The number of hydrogen-bond donors (Lipinski definition) is 0. The molecule has 83 valence electrons. The molecule has 0 bridgehead atoms. The molecule has 0 aliphatic heterocycles. The molecule has 0 aromatic heterocycles. The Morgan fingerprint density at radius 1 is 0.875 bits per heavy atom. The molecule has 0 spiro atoms. The third-order valence-electron chi connectivity index (χ3n) is 3.02. The normalized spacial score (nSPS) is 17.9. The maximum absolute atomic E-state index is 2.29. The zero-order valence-electron chi connectivity index (χ0n) is 10.3. The molecule has 0 amide bonds. The van der Waals surface area contributed by atoms with Crippen LogP contribution in [0.1, 0.15) is 32.3 Å². The molecular formula is C16H19. The lowest BCUT2D eigenvalue weighted by molar-refractivity contribution is 0.471. The first kappa shape index (κ1) is 11.2. The molecule has 1 aliphatic carbocycles. The quantitative estimate of drug-likeness (QED) is 0.641. The molecular weight excluding hydrogens is 192 g/mol. The summed E-state index contributed by atoms with van der Waals surface area (Å²) in [4.78, 5) is 0. The SMILES string of the molecule is CC(C)(C)[C]1C=CC(c2ccccc2)C=C1. The van der Waals surface area contributed by atoms with Gasteiger partial charge in [0.25, 0.3) is 0 Å². The van der Waals surface area contributed by atoms with Crippen LogP contribution in [0.3, 0.4) is 0 Å². The zero-order valence-corrected chi connectivity index (χ0v) is 10.3. The van der Waals surface area contributed by atoms with Gasteiger partial charge >= 0.3 is 0 Å². The minimum atomic E-state index is 0.245. The van der Waals surface area contributed by atoms with Crippen molar-refractivity contribution in [3.05, 3.63) is 66.1 Å². The Morgan fingerprint density at radius 3 is 1.94 bits per heavy atom. The van der Waals surface area contributed by atoms with Gasteiger partial charge in [-0.15, -0.1) is 0 Å². The molecule has 0 atom stereocenters. The Balaban J connectivity index is 2.13. The second-order valence-electron chi connectivity index (χ2n) is 5.36. The second-order valence-corrected chi connectivity index (χ2v) is 5.36. The van der Waals surface area contributed by atoms with Gasteiger partial charge in [0.1, 0.15) is 0 Å². The van der Waals surface area contributed by atoms with E-state index in [2.05, 4.69) is 75.4 Å². The third kappa shape index (κ3) is 2.44. The van der Waals surface area contributed by atoms with Gasteiger partial charge in [0.15, 0.2) is 0 Å². The zero-order chi connectivity index (χ0) is 11.6. The molecule has 1 aromatic rings. The largest absolute Gasteiger partial charge is 0.0763 e. The van der Waals surface area contributed by atoms with Crippen LogP contribution < -0.4 is 0 Å². The standard InChI is InChI=1S/C16H19/c1-16(2,3)15-11-9-14(10-12-15)13-7-5-4-6-8-13/h4-12,14H,1-3H3. The predicted octanol–water partition coefficient (Wildman–Crippen LogP) is 4.52. The predicted molar refractivity (Wildman–Crippen MR) is 70.2 cm³/mol. The van der Waals surface area contributed by atoms with E-state index in [9.17, 15) is 0 Å². The molecule has 1 aromatic carbocycles. The first-order valence-corrected chi connectivity index (χ1v) is 5.86. The second kappa shape index (κ2) is 4.29. The van der Waals surface area contributed by atoms with E-state index in [1.54, 1.807) is 0 Å². The fourth-order valence-corrected chi connectivity index (χ4v) is 1.93. The van der Waals surface area contributed by atoms with Crippen LogP contribution in [0.5, 0.6) is 0 Å². The fraction of sp³-hybridized carbons (Fsp3) is 0.312. The fourth-order valence-electron chi connectivity index (χ4n) is 1.93. The van der Waals surface area contributed by atoms with Crippen molar-refractivity contribution in [3.63, 3.8) is 0 Å². The molecule has 0 unspecified atom stereocenters. The van der Waals surface area contributed by atoms with Gasteiger partial charge < -0.3 is 0 Å². The summed E-state index contributed by atoms with van der Waals surface area (Å²) in [5.41, 5.74) is 1.61. The maximum Gasteiger partial charge on any atom is 0.0241 e. The van der Waals surface area contributed by atoms with Gasteiger partial charge in [0.2, 0.25) is 0 Å². The Kier molecular flexibility index (Phi) is 3.00. The molecule has 1 aliphatic rings. The van der Waals surface area contributed by atoms with E-state index in [-0.39, 0.29) is 5.41 Å². The van der Waals surface area contributed by atoms with Crippen LogP contribution in [-0.4, -0.2) is 0 Å². The van der Waals surface area contributed by atoms with Gasteiger partial charge in [-0.25, -0.2) is 0 Å². The van der Waals surface area contributed by atoms with E-state index in [1.807, 2.05) is 0 Å². The van der Waals surface area contributed by atoms with Crippen molar-refractivity contribution < 1.29 is 0 Å². The highest BCUT2D eigenvalue weighted by Crippen LogP contribution is 2.35. The van der Waals surface area contributed by atoms with Gasteiger partial charge in [-0.2, -0.15) is 0 Å². The van der Waals surface area contributed by atoms with Gasteiger partial charge in [0.05, 0.1) is 0 Å². The summed E-state index contributed by atoms with van der Waals surface area (Å²) in [6, 6.07) is 10.6. The highest BCUT2D eigenvalue weighted by Gasteiger charge is 2.23. The minimum Gasteiger partial charge on any atom is -0.0763 e. The number of rotatable bonds is 1. The van der Waals surface area contributed by atoms with Gasteiger partial charge in [-0.1, -0.05) is 75.4 Å². The van der Waals surface area contributed by atoms with E-state index < -0.39 is 0 Å². The van der Waals surface area contributed by atoms with Crippen LogP contribution in [0, 0.1) is 11.3 Å². The van der Waals surface area contributed by atoms with E-state index in [1.165, 1.54) is 11.5 Å². The minimum absolute atomic E-state index is 0.245. The lowest BCUT2D eigenvalue weighted by atomic mass is 9.77. The molecule has 0 nitrogen and oxygen atoms in total. The molecule has 0 fully saturated rings.